The first-order valence-corrected chi connectivity index (χ1v) is 8.56. The van der Waals surface area contributed by atoms with E-state index in [9.17, 15) is 18.0 Å². The fourth-order valence-corrected chi connectivity index (χ4v) is 3.27. The standard InChI is InChI=1S/C15H8Cl2F3N3O2S/c16-9-2-1-7(3-10(9)17)11-6-26-12(21-11)5-23-4-8(14(24)25)13(22-23)15(18,19)20/h1-4,6H,5H2,(H,24,25). The predicted molar refractivity (Wildman–Crippen MR) is 90.9 cm³/mol. The maximum atomic E-state index is 12.9. The number of rotatable bonds is 4. The van der Waals surface area contributed by atoms with Gasteiger partial charge in [0.15, 0.2) is 5.69 Å². The summed E-state index contributed by atoms with van der Waals surface area (Å²) in [6.45, 7) is -0.0949. The van der Waals surface area contributed by atoms with Gasteiger partial charge >= 0.3 is 12.1 Å². The molecule has 0 aliphatic carbocycles. The highest BCUT2D eigenvalue weighted by Crippen LogP contribution is 2.32. The number of carboxylic acid groups (broad SMARTS) is 1. The maximum Gasteiger partial charge on any atom is 0.436 e. The Morgan fingerprint density at radius 2 is 2.00 bits per heavy atom. The minimum absolute atomic E-state index is 0.0949. The first-order valence-electron chi connectivity index (χ1n) is 6.93. The number of aromatic nitrogens is 3. The molecule has 11 heteroatoms. The number of hydrogen-bond acceptors (Lipinski definition) is 4. The molecule has 1 aromatic carbocycles. The van der Waals surface area contributed by atoms with Crippen LogP contribution in [-0.4, -0.2) is 25.8 Å². The first-order chi connectivity index (χ1) is 12.1. The molecule has 26 heavy (non-hydrogen) atoms. The molecule has 0 amide bonds. The molecule has 0 saturated carbocycles. The summed E-state index contributed by atoms with van der Waals surface area (Å²) in [5.41, 5.74) is -1.07. The molecule has 136 valence electrons. The van der Waals surface area contributed by atoms with Crippen molar-refractivity contribution in [2.75, 3.05) is 0 Å². The van der Waals surface area contributed by atoms with Crippen molar-refractivity contribution in [1.29, 1.82) is 0 Å². The number of alkyl halides is 3. The SMILES string of the molecule is O=C(O)c1cn(Cc2nc(-c3ccc(Cl)c(Cl)c3)cs2)nc1C(F)(F)F. The Labute approximate surface area is 158 Å². The summed E-state index contributed by atoms with van der Waals surface area (Å²) in [7, 11) is 0. The summed E-state index contributed by atoms with van der Waals surface area (Å²) < 4.78 is 39.6. The van der Waals surface area contributed by atoms with E-state index >= 15 is 0 Å². The highest BCUT2D eigenvalue weighted by Gasteiger charge is 2.39. The zero-order valence-electron chi connectivity index (χ0n) is 12.6. The Hall–Kier alpha value is -2.10. The summed E-state index contributed by atoms with van der Waals surface area (Å²) in [5.74, 6) is -1.70. The van der Waals surface area contributed by atoms with Gasteiger partial charge in [0.2, 0.25) is 0 Å². The van der Waals surface area contributed by atoms with Crippen molar-refractivity contribution in [2.45, 2.75) is 12.7 Å². The van der Waals surface area contributed by atoms with Gasteiger partial charge in [-0.3, -0.25) is 4.68 Å². The lowest BCUT2D eigenvalue weighted by Gasteiger charge is -2.02. The molecule has 3 aromatic rings. The summed E-state index contributed by atoms with van der Waals surface area (Å²) in [6.07, 6.45) is -4.02. The van der Waals surface area contributed by atoms with Crippen molar-refractivity contribution in [3.63, 3.8) is 0 Å². The Morgan fingerprint density at radius 1 is 1.27 bits per heavy atom. The molecule has 0 atom stereocenters. The van der Waals surface area contributed by atoms with Gasteiger partial charge in [-0.1, -0.05) is 29.3 Å². The Kier molecular flexibility index (Phi) is 4.96. The van der Waals surface area contributed by atoms with E-state index in [4.69, 9.17) is 28.3 Å². The van der Waals surface area contributed by atoms with Crippen LogP contribution >= 0.6 is 34.5 Å². The number of carboxylic acids is 1. The molecule has 0 unspecified atom stereocenters. The number of benzene rings is 1. The minimum atomic E-state index is -4.85. The highest BCUT2D eigenvalue weighted by atomic mass is 35.5. The van der Waals surface area contributed by atoms with Gasteiger partial charge in [-0.2, -0.15) is 18.3 Å². The van der Waals surface area contributed by atoms with E-state index in [2.05, 4.69) is 10.1 Å². The van der Waals surface area contributed by atoms with E-state index in [0.717, 1.165) is 10.9 Å². The lowest BCUT2D eigenvalue weighted by Crippen LogP contribution is -2.12. The molecule has 2 aromatic heterocycles. The number of nitrogens with zero attached hydrogens (tertiary/aromatic N) is 3. The van der Waals surface area contributed by atoms with Crippen molar-refractivity contribution in [2.24, 2.45) is 0 Å². The highest BCUT2D eigenvalue weighted by molar-refractivity contribution is 7.09. The van der Waals surface area contributed by atoms with Crippen LogP contribution in [0.3, 0.4) is 0 Å². The second kappa shape index (κ2) is 6.90. The van der Waals surface area contributed by atoms with Crippen LogP contribution in [0.25, 0.3) is 11.3 Å². The van der Waals surface area contributed by atoms with Crippen molar-refractivity contribution in [3.05, 3.63) is 56.1 Å². The van der Waals surface area contributed by atoms with Crippen LogP contribution in [0.15, 0.2) is 29.8 Å². The second-order valence-corrected chi connectivity index (χ2v) is 6.90. The summed E-state index contributed by atoms with van der Waals surface area (Å²) in [5, 5.41) is 15.2. The van der Waals surface area contributed by atoms with E-state index in [1.54, 1.807) is 23.6 Å². The molecule has 5 nitrogen and oxygen atoms in total. The van der Waals surface area contributed by atoms with Crippen LogP contribution < -0.4 is 0 Å². The fourth-order valence-electron chi connectivity index (χ4n) is 2.18. The topological polar surface area (TPSA) is 68.0 Å². The van der Waals surface area contributed by atoms with E-state index < -0.39 is 23.4 Å². The molecule has 0 radical (unpaired) electrons. The Morgan fingerprint density at radius 3 is 2.58 bits per heavy atom. The molecular weight excluding hydrogens is 414 g/mol. The van der Waals surface area contributed by atoms with Gasteiger partial charge in [0.25, 0.3) is 0 Å². The zero-order valence-corrected chi connectivity index (χ0v) is 14.9. The third-order valence-corrected chi connectivity index (χ3v) is 4.90. The summed E-state index contributed by atoms with van der Waals surface area (Å²) >= 11 is 13.0. The van der Waals surface area contributed by atoms with Crippen molar-refractivity contribution < 1.29 is 23.1 Å². The van der Waals surface area contributed by atoms with E-state index in [-0.39, 0.29) is 6.54 Å². The Bertz CT molecular complexity index is 985. The molecule has 3 rings (SSSR count). The number of thiazole rings is 1. The van der Waals surface area contributed by atoms with Crippen LogP contribution in [-0.2, 0) is 12.7 Å². The maximum absolute atomic E-state index is 12.9. The molecule has 0 fully saturated rings. The molecule has 0 aliphatic rings. The van der Waals surface area contributed by atoms with E-state index in [0.29, 0.717) is 26.3 Å². The van der Waals surface area contributed by atoms with Gasteiger partial charge in [0, 0.05) is 17.1 Å². The molecule has 0 saturated heterocycles. The lowest BCUT2D eigenvalue weighted by atomic mass is 10.2. The molecular formula is C15H8Cl2F3N3O2S. The quantitative estimate of drug-likeness (QED) is 0.637. The van der Waals surface area contributed by atoms with Gasteiger partial charge in [-0.15, -0.1) is 11.3 Å². The predicted octanol–water partition coefficient (Wildman–Crippen LogP) is 5.08. The summed E-state index contributed by atoms with van der Waals surface area (Å²) in [6, 6.07) is 4.95. The van der Waals surface area contributed by atoms with Gasteiger partial charge in [-0.05, 0) is 12.1 Å². The van der Waals surface area contributed by atoms with Crippen LogP contribution in [0.2, 0.25) is 10.0 Å². The third kappa shape index (κ3) is 3.84. The number of carbonyl (C=O) groups is 1. The monoisotopic (exact) mass is 421 g/mol. The third-order valence-electron chi connectivity index (χ3n) is 3.32. The first kappa shape index (κ1) is 18.7. The van der Waals surface area contributed by atoms with E-state index in [1.807, 2.05) is 0 Å². The normalized spacial score (nSPS) is 11.7. The van der Waals surface area contributed by atoms with Crippen LogP contribution in [0.1, 0.15) is 21.1 Å². The average Bonchev–Trinajstić information content (AvgIpc) is 3.17. The minimum Gasteiger partial charge on any atom is -0.478 e. The summed E-state index contributed by atoms with van der Waals surface area (Å²) in [4.78, 5) is 15.3. The number of hydrogen-bond donors (Lipinski definition) is 1. The lowest BCUT2D eigenvalue weighted by molar-refractivity contribution is -0.142. The van der Waals surface area contributed by atoms with Gasteiger partial charge in [0.05, 0.1) is 22.3 Å². The largest absolute Gasteiger partial charge is 0.478 e. The molecule has 0 aliphatic heterocycles. The fraction of sp³-hybridized carbons (Fsp3) is 0.133. The smallest absolute Gasteiger partial charge is 0.436 e. The van der Waals surface area contributed by atoms with Crippen molar-refractivity contribution >= 4 is 40.5 Å². The van der Waals surface area contributed by atoms with Gasteiger partial charge < -0.3 is 5.11 Å². The van der Waals surface area contributed by atoms with Crippen molar-refractivity contribution in [1.82, 2.24) is 14.8 Å². The molecule has 0 spiro atoms. The zero-order chi connectivity index (χ0) is 19.1. The van der Waals surface area contributed by atoms with Crippen molar-refractivity contribution in [3.8, 4) is 11.3 Å². The van der Waals surface area contributed by atoms with E-state index in [1.165, 1.54) is 11.3 Å². The van der Waals surface area contributed by atoms with Crippen LogP contribution in [0, 0.1) is 0 Å². The molecule has 2 heterocycles. The van der Waals surface area contributed by atoms with Gasteiger partial charge in [0.1, 0.15) is 10.6 Å². The second-order valence-electron chi connectivity index (χ2n) is 5.15. The van der Waals surface area contributed by atoms with Crippen LogP contribution in [0.5, 0.6) is 0 Å². The average molecular weight is 422 g/mol. The molecule has 0 bridgehead atoms. The number of halogens is 5. The molecule has 1 N–H and O–H groups in total. The Balaban J connectivity index is 1.87. The van der Waals surface area contributed by atoms with Crippen LogP contribution in [0.4, 0.5) is 13.2 Å². The number of aromatic carboxylic acids is 1. The van der Waals surface area contributed by atoms with Gasteiger partial charge in [-0.25, -0.2) is 9.78 Å².